The van der Waals surface area contributed by atoms with E-state index in [0.29, 0.717) is 0 Å². The smallest absolute Gasteiger partial charge is 0.295 e. The van der Waals surface area contributed by atoms with Gasteiger partial charge in [-0.3, -0.25) is 9.11 Å². The van der Waals surface area contributed by atoms with Gasteiger partial charge in [-0.2, -0.15) is 16.8 Å². The second kappa shape index (κ2) is 6.71. The maximum absolute atomic E-state index is 11.4. The van der Waals surface area contributed by atoms with E-state index in [0.717, 1.165) is 12.1 Å². The lowest BCUT2D eigenvalue weighted by molar-refractivity contribution is 0.481. The summed E-state index contributed by atoms with van der Waals surface area (Å²) in [6, 6.07) is 7.72. The Morgan fingerprint density at radius 1 is 0.760 bits per heavy atom. The van der Waals surface area contributed by atoms with Crippen LogP contribution in [0.5, 0.6) is 0 Å². The van der Waals surface area contributed by atoms with Crippen LogP contribution in [0.4, 0.5) is 11.4 Å². The zero-order valence-corrected chi connectivity index (χ0v) is 14.3. The molecule has 0 saturated heterocycles. The molecule has 0 unspecified atom stereocenters. The second-order valence-corrected chi connectivity index (χ2v) is 7.78. The highest BCUT2D eigenvalue weighted by Gasteiger charge is 2.15. The number of hydrogen-bond donors (Lipinski definition) is 4. The highest BCUT2D eigenvalue weighted by Crippen LogP contribution is 2.22. The standard InChI is InChI=1S/C15H14N2O6S2/c16-12-6-4-10(14(8-12)24(18,19)20)2-1-3-11-5-7-13(17)9-15(11)25(21,22)23/h2-9H,16-17H2,(H,18,19,20)(H,21,22,23). The summed E-state index contributed by atoms with van der Waals surface area (Å²) >= 11 is 0. The first kappa shape index (κ1) is 18.7. The van der Waals surface area contributed by atoms with Crippen LogP contribution in [0.2, 0.25) is 0 Å². The highest BCUT2D eigenvalue weighted by molar-refractivity contribution is 7.86. The van der Waals surface area contributed by atoms with Gasteiger partial charge in [0.25, 0.3) is 20.2 Å². The minimum Gasteiger partial charge on any atom is -0.399 e. The van der Waals surface area contributed by atoms with Crippen LogP contribution in [-0.2, 0) is 20.2 Å². The Bertz CT molecular complexity index is 1010. The van der Waals surface area contributed by atoms with E-state index < -0.39 is 30.0 Å². The van der Waals surface area contributed by atoms with Crippen molar-refractivity contribution in [3.05, 3.63) is 53.3 Å². The van der Waals surface area contributed by atoms with Crippen LogP contribution < -0.4 is 11.5 Å². The first-order valence-corrected chi connectivity index (χ1v) is 9.53. The topological polar surface area (TPSA) is 161 Å². The molecule has 0 fully saturated rings. The molecule has 25 heavy (non-hydrogen) atoms. The molecule has 0 amide bonds. The molecule has 0 aliphatic carbocycles. The Morgan fingerprint density at radius 2 is 1.12 bits per heavy atom. The van der Waals surface area contributed by atoms with E-state index in [1.165, 1.54) is 36.4 Å². The molecule has 0 bridgehead atoms. The summed E-state index contributed by atoms with van der Waals surface area (Å²) in [6.45, 7) is 0. The molecule has 0 saturated carbocycles. The van der Waals surface area contributed by atoms with Gasteiger partial charge in [0.05, 0.1) is 0 Å². The molecular formula is C15H14N2O6S2. The number of hydrogen-bond acceptors (Lipinski definition) is 6. The van der Waals surface area contributed by atoms with E-state index in [1.54, 1.807) is 0 Å². The summed E-state index contributed by atoms with van der Waals surface area (Å²) in [5.74, 6) is 0. The number of nitrogen functional groups attached to an aromatic ring is 2. The van der Waals surface area contributed by atoms with Crippen LogP contribution in [0.15, 0.2) is 51.9 Å². The summed E-state index contributed by atoms with van der Waals surface area (Å²) in [5.41, 5.74) is 14.1. The fourth-order valence-electron chi connectivity index (χ4n) is 2.01. The Labute approximate surface area is 144 Å². The lowest BCUT2D eigenvalue weighted by Gasteiger charge is -2.04. The average molecular weight is 382 g/mol. The zero-order valence-electron chi connectivity index (χ0n) is 12.6. The molecule has 0 aliphatic heterocycles. The summed E-state index contributed by atoms with van der Waals surface area (Å²) in [4.78, 5) is -0.832. The monoisotopic (exact) mass is 382 g/mol. The van der Waals surface area contributed by atoms with Crippen molar-refractivity contribution in [2.24, 2.45) is 0 Å². The van der Waals surface area contributed by atoms with Crippen molar-refractivity contribution in [2.75, 3.05) is 11.5 Å². The van der Waals surface area contributed by atoms with Crippen LogP contribution in [0.25, 0.3) is 12.2 Å². The maximum Gasteiger partial charge on any atom is 0.295 e. The summed E-state index contributed by atoms with van der Waals surface area (Å²) in [7, 11) is -9.01. The Morgan fingerprint density at radius 3 is 1.44 bits per heavy atom. The van der Waals surface area contributed by atoms with E-state index in [4.69, 9.17) is 11.5 Å². The summed E-state index contributed by atoms with van der Waals surface area (Å²) in [6.07, 6.45) is 2.43. The fourth-order valence-corrected chi connectivity index (χ4v) is 3.43. The third-order valence-corrected chi connectivity index (χ3v) is 4.93. The number of anilines is 2. The third kappa shape index (κ3) is 4.69. The van der Waals surface area contributed by atoms with Gasteiger partial charge in [-0.15, -0.1) is 5.73 Å². The number of benzene rings is 2. The number of nitrogens with two attached hydrogens (primary N) is 2. The van der Waals surface area contributed by atoms with Crippen molar-refractivity contribution in [1.29, 1.82) is 0 Å². The van der Waals surface area contributed by atoms with Gasteiger partial charge in [0.2, 0.25) is 0 Å². The molecule has 0 atom stereocenters. The van der Waals surface area contributed by atoms with Crippen molar-refractivity contribution in [1.82, 2.24) is 0 Å². The van der Waals surface area contributed by atoms with E-state index in [1.807, 2.05) is 0 Å². The van der Waals surface area contributed by atoms with Crippen molar-refractivity contribution >= 4 is 43.8 Å². The molecule has 0 heterocycles. The van der Waals surface area contributed by atoms with Gasteiger partial charge in [0, 0.05) is 22.5 Å². The van der Waals surface area contributed by atoms with Gasteiger partial charge in [-0.25, -0.2) is 0 Å². The summed E-state index contributed by atoms with van der Waals surface area (Å²) < 4.78 is 64.0. The largest absolute Gasteiger partial charge is 0.399 e. The van der Waals surface area contributed by atoms with Crippen LogP contribution in [0, 0.1) is 0 Å². The van der Waals surface area contributed by atoms with Gasteiger partial charge in [0.15, 0.2) is 0 Å². The summed E-state index contributed by atoms with van der Waals surface area (Å²) in [5, 5.41) is 0. The zero-order chi connectivity index (χ0) is 18.8. The lowest BCUT2D eigenvalue weighted by Crippen LogP contribution is -2.02. The molecular weight excluding hydrogens is 368 g/mol. The molecule has 0 aromatic heterocycles. The first-order chi connectivity index (χ1) is 11.5. The third-order valence-electron chi connectivity index (χ3n) is 3.11. The SMILES string of the molecule is Nc1ccc(C=C=Cc2ccc(N)cc2S(=O)(=O)O)c(S(=O)(=O)O)c1. The highest BCUT2D eigenvalue weighted by atomic mass is 32.2. The van der Waals surface area contributed by atoms with Crippen LogP contribution >= 0.6 is 0 Å². The van der Waals surface area contributed by atoms with Crippen molar-refractivity contribution in [3.8, 4) is 0 Å². The van der Waals surface area contributed by atoms with E-state index in [9.17, 15) is 25.9 Å². The minimum absolute atomic E-state index is 0.0943. The Hall–Kier alpha value is -2.62. The van der Waals surface area contributed by atoms with Crippen LogP contribution in [-0.4, -0.2) is 25.9 Å². The van der Waals surface area contributed by atoms with Gasteiger partial charge in [0.1, 0.15) is 9.79 Å². The second-order valence-electron chi connectivity index (χ2n) is 5.00. The number of rotatable bonds is 4. The Balaban J connectivity index is 2.56. The molecule has 10 heteroatoms. The van der Waals surface area contributed by atoms with Gasteiger partial charge >= 0.3 is 0 Å². The van der Waals surface area contributed by atoms with E-state index in [2.05, 4.69) is 5.73 Å². The van der Waals surface area contributed by atoms with E-state index in [-0.39, 0.29) is 22.5 Å². The molecule has 2 aromatic rings. The first-order valence-electron chi connectivity index (χ1n) is 6.65. The molecule has 2 aromatic carbocycles. The predicted octanol–water partition coefficient (Wildman–Crippen LogP) is 1.67. The fraction of sp³-hybridized carbons (Fsp3) is 0. The van der Waals surface area contributed by atoms with Gasteiger partial charge in [-0.05, 0) is 36.4 Å². The minimum atomic E-state index is -4.51. The average Bonchev–Trinajstić information content (AvgIpc) is 2.48. The molecule has 132 valence electrons. The molecule has 6 N–H and O–H groups in total. The quantitative estimate of drug-likeness (QED) is 0.353. The van der Waals surface area contributed by atoms with Crippen LogP contribution in [0.1, 0.15) is 11.1 Å². The molecule has 0 radical (unpaired) electrons. The van der Waals surface area contributed by atoms with Crippen molar-refractivity contribution < 1.29 is 25.9 Å². The molecule has 0 aliphatic rings. The molecule has 8 nitrogen and oxygen atoms in total. The van der Waals surface area contributed by atoms with Crippen LogP contribution in [0.3, 0.4) is 0 Å². The predicted molar refractivity (Wildman–Crippen MR) is 93.8 cm³/mol. The van der Waals surface area contributed by atoms with Crippen molar-refractivity contribution in [2.45, 2.75) is 9.79 Å². The van der Waals surface area contributed by atoms with E-state index >= 15 is 0 Å². The van der Waals surface area contributed by atoms with Gasteiger partial charge < -0.3 is 11.5 Å². The van der Waals surface area contributed by atoms with Crippen molar-refractivity contribution in [3.63, 3.8) is 0 Å². The molecule has 2 rings (SSSR count). The lowest BCUT2D eigenvalue weighted by atomic mass is 10.1. The normalized spacial score (nSPS) is 11.6. The molecule has 0 spiro atoms. The maximum atomic E-state index is 11.4. The van der Waals surface area contributed by atoms with Gasteiger partial charge in [-0.1, -0.05) is 12.1 Å². The Kier molecular flexibility index (Phi) is 5.02.